The number of benzene rings is 1. The first kappa shape index (κ1) is 16.8. The lowest BCUT2D eigenvalue weighted by molar-refractivity contribution is 0.0320. The van der Waals surface area contributed by atoms with Crippen molar-refractivity contribution >= 4 is 16.6 Å². The van der Waals surface area contributed by atoms with Crippen LogP contribution < -0.4 is 4.90 Å². The largest absolute Gasteiger partial charge is 0.379 e. The first-order valence-electron chi connectivity index (χ1n) is 9.77. The number of fused-ring (bicyclic) bond motifs is 1. The number of rotatable bonds is 5. The van der Waals surface area contributed by atoms with Crippen LogP contribution in [0.15, 0.2) is 30.3 Å². The van der Waals surface area contributed by atoms with Crippen LogP contribution >= 0.6 is 0 Å². The van der Waals surface area contributed by atoms with Gasteiger partial charge in [-0.25, -0.2) is 0 Å². The summed E-state index contributed by atoms with van der Waals surface area (Å²) in [5.74, 6) is 0.764. The average molecular weight is 339 g/mol. The molecule has 3 heterocycles. The Morgan fingerprint density at radius 3 is 2.84 bits per heavy atom. The predicted octanol–water partition coefficient (Wildman–Crippen LogP) is 3.35. The Hall–Kier alpha value is -1.65. The highest BCUT2D eigenvalue weighted by Gasteiger charge is 2.26. The van der Waals surface area contributed by atoms with Crippen LogP contribution in [0, 0.1) is 5.92 Å². The standard InChI is InChI=1S/C21H29N3O/c1-2-5-18-14-21(19-6-3-4-7-20(19)22-18)24-9-8-17(16-24)15-23-10-12-25-13-11-23/h3-4,6-7,14,17H,2,5,8-13,15-16H2,1H3. The highest BCUT2D eigenvalue weighted by molar-refractivity contribution is 5.92. The molecule has 0 bridgehead atoms. The van der Waals surface area contributed by atoms with E-state index < -0.39 is 0 Å². The summed E-state index contributed by atoms with van der Waals surface area (Å²) in [6, 6.07) is 10.9. The van der Waals surface area contributed by atoms with Crippen LogP contribution in [-0.2, 0) is 11.2 Å². The Labute approximate surface area is 150 Å². The number of ether oxygens (including phenoxy) is 1. The minimum Gasteiger partial charge on any atom is -0.379 e. The molecule has 0 spiro atoms. The highest BCUT2D eigenvalue weighted by atomic mass is 16.5. The number of anilines is 1. The van der Waals surface area contributed by atoms with Crippen molar-refractivity contribution in [3.8, 4) is 0 Å². The zero-order chi connectivity index (χ0) is 17.1. The van der Waals surface area contributed by atoms with E-state index >= 15 is 0 Å². The summed E-state index contributed by atoms with van der Waals surface area (Å²) in [4.78, 5) is 10.0. The van der Waals surface area contributed by atoms with Crippen molar-refractivity contribution in [1.82, 2.24) is 9.88 Å². The monoisotopic (exact) mass is 339 g/mol. The second kappa shape index (κ2) is 7.71. The second-order valence-corrected chi connectivity index (χ2v) is 7.41. The minimum atomic E-state index is 0.764. The lowest BCUT2D eigenvalue weighted by Gasteiger charge is -2.29. The van der Waals surface area contributed by atoms with Crippen LogP contribution in [0.5, 0.6) is 0 Å². The Bertz CT molecular complexity index is 711. The smallest absolute Gasteiger partial charge is 0.0726 e. The molecule has 1 aromatic carbocycles. The van der Waals surface area contributed by atoms with Gasteiger partial charge < -0.3 is 9.64 Å². The van der Waals surface area contributed by atoms with E-state index in [0.29, 0.717) is 0 Å². The second-order valence-electron chi connectivity index (χ2n) is 7.41. The van der Waals surface area contributed by atoms with Crippen molar-refractivity contribution in [2.75, 3.05) is 50.8 Å². The van der Waals surface area contributed by atoms with Gasteiger partial charge in [-0.15, -0.1) is 0 Å². The Kier molecular flexibility index (Phi) is 5.18. The van der Waals surface area contributed by atoms with E-state index in [1.165, 1.54) is 29.7 Å². The summed E-state index contributed by atoms with van der Waals surface area (Å²) in [6.07, 6.45) is 3.49. The van der Waals surface area contributed by atoms with Gasteiger partial charge in [-0.2, -0.15) is 0 Å². The van der Waals surface area contributed by atoms with Crippen LogP contribution in [0.25, 0.3) is 10.9 Å². The maximum Gasteiger partial charge on any atom is 0.0726 e. The molecule has 0 amide bonds. The molecule has 2 aliphatic heterocycles. The number of aromatic nitrogens is 1. The van der Waals surface area contributed by atoms with Gasteiger partial charge in [0.25, 0.3) is 0 Å². The van der Waals surface area contributed by atoms with Gasteiger partial charge in [0.1, 0.15) is 0 Å². The van der Waals surface area contributed by atoms with Gasteiger partial charge in [-0.1, -0.05) is 31.5 Å². The molecule has 4 nitrogen and oxygen atoms in total. The molecule has 4 rings (SSSR count). The lowest BCUT2D eigenvalue weighted by Crippen LogP contribution is -2.39. The quantitative estimate of drug-likeness (QED) is 0.835. The molecule has 4 heteroatoms. The van der Waals surface area contributed by atoms with Crippen LogP contribution in [-0.4, -0.2) is 55.8 Å². The molecular formula is C21H29N3O. The number of aryl methyl sites for hydroxylation is 1. The third-order valence-electron chi connectivity index (χ3n) is 5.50. The number of pyridine rings is 1. The molecule has 1 atom stereocenters. The molecule has 0 N–H and O–H groups in total. The maximum atomic E-state index is 5.48. The molecule has 1 unspecified atom stereocenters. The molecule has 25 heavy (non-hydrogen) atoms. The Morgan fingerprint density at radius 2 is 2.00 bits per heavy atom. The van der Waals surface area contributed by atoms with Gasteiger partial charge in [-0.3, -0.25) is 9.88 Å². The van der Waals surface area contributed by atoms with Crippen molar-refractivity contribution in [2.45, 2.75) is 26.2 Å². The third kappa shape index (κ3) is 3.80. The van der Waals surface area contributed by atoms with Crippen molar-refractivity contribution in [1.29, 1.82) is 0 Å². The molecule has 134 valence electrons. The first-order valence-corrected chi connectivity index (χ1v) is 9.77. The van der Waals surface area contributed by atoms with E-state index in [-0.39, 0.29) is 0 Å². The average Bonchev–Trinajstić information content (AvgIpc) is 3.10. The van der Waals surface area contributed by atoms with E-state index in [2.05, 4.69) is 47.1 Å². The summed E-state index contributed by atoms with van der Waals surface area (Å²) in [5.41, 5.74) is 3.76. The minimum absolute atomic E-state index is 0.764. The number of hydrogen-bond acceptors (Lipinski definition) is 4. The number of para-hydroxylation sites is 1. The number of nitrogens with zero attached hydrogens (tertiary/aromatic N) is 3. The molecule has 2 aliphatic rings. The molecule has 1 aromatic heterocycles. The molecule has 2 aromatic rings. The van der Waals surface area contributed by atoms with Crippen LogP contribution in [0.4, 0.5) is 5.69 Å². The molecular weight excluding hydrogens is 310 g/mol. The van der Waals surface area contributed by atoms with E-state index in [9.17, 15) is 0 Å². The fourth-order valence-electron chi connectivity index (χ4n) is 4.21. The SMILES string of the molecule is CCCc1cc(N2CCC(CN3CCOCC3)C2)c2ccccc2n1. The van der Waals surface area contributed by atoms with E-state index in [4.69, 9.17) is 9.72 Å². The number of morpholine rings is 1. The van der Waals surface area contributed by atoms with Crippen LogP contribution in [0.3, 0.4) is 0 Å². The number of hydrogen-bond donors (Lipinski definition) is 0. The lowest BCUT2D eigenvalue weighted by atomic mass is 10.1. The fourth-order valence-corrected chi connectivity index (χ4v) is 4.21. The summed E-state index contributed by atoms with van der Waals surface area (Å²) in [7, 11) is 0. The van der Waals surface area contributed by atoms with Crippen molar-refractivity contribution in [3.05, 3.63) is 36.0 Å². The van der Waals surface area contributed by atoms with E-state index in [0.717, 1.165) is 63.7 Å². The van der Waals surface area contributed by atoms with Gasteiger partial charge in [0.15, 0.2) is 0 Å². The Morgan fingerprint density at radius 1 is 1.16 bits per heavy atom. The van der Waals surface area contributed by atoms with Crippen molar-refractivity contribution < 1.29 is 4.74 Å². The van der Waals surface area contributed by atoms with Gasteiger partial charge in [0.05, 0.1) is 18.7 Å². The molecule has 2 saturated heterocycles. The zero-order valence-electron chi connectivity index (χ0n) is 15.3. The van der Waals surface area contributed by atoms with E-state index in [1.54, 1.807) is 0 Å². The van der Waals surface area contributed by atoms with Gasteiger partial charge in [-0.05, 0) is 30.9 Å². The summed E-state index contributed by atoms with van der Waals surface area (Å²) < 4.78 is 5.48. The molecule has 0 aliphatic carbocycles. The van der Waals surface area contributed by atoms with Gasteiger partial charge in [0, 0.05) is 49.5 Å². The van der Waals surface area contributed by atoms with Crippen LogP contribution in [0.1, 0.15) is 25.5 Å². The Balaban J connectivity index is 1.53. The first-order chi connectivity index (χ1) is 12.3. The zero-order valence-corrected chi connectivity index (χ0v) is 15.3. The molecule has 0 radical (unpaired) electrons. The molecule has 2 fully saturated rings. The van der Waals surface area contributed by atoms with Gasteiger partial charge in [0.2, 0.25) is 0 Å². The van der Waals surface area contributed by atoms with E-state index in [1.807, 2.05) is 0 Å². The topological polar surface area (TPSA) is 28.6 Å². The molecule has 0 saturated carbocycles. The van der Waals surface area contributed by atoms with Crippen molar-refractivity contribution in [3.63, 3.8) is 0 Å². The fraction of sp³-hybridized carbons (Fsp3) is 0.571. The summed E-state index contributed by atoms with van der Waals surface area (Å²) in [6.45, 7) is 9.74. The summed E-state index contributed by atoms with van der Waals surface area (Å²) in [5, 5.41) is 1.30. The third-order valence-corrected chi connectivity index (χ3v) is 5.50. The van der Waals surface area contributed by atoms with Crippen LogP contribution in [0.2, 0.25) is 0 Å². The van der Waals surface area contributed by atoms with Crippen molar-refractivity contribution in [2.24, 2.45) is 5.92 Å². The van der Waals surface area contributed by atoms with Gasteiger partial charge >= 0.3 is 0 Å². The highest BCUT2D eigenvalue weighted by Crippen LogP contribution is 2.31. The predicted molar refractivity (Wildman–Crippen MR) is 103 cm³/mol. The normalized spacial score (nSPS) is 22.0. The summed E-state index contributed by atoms with van der Waals surface area (Å²) >= 11 is 0. The maximum absolute atomic E-state index is 5.48.